The van der Waals surface area contributed by atoms with Crippen molar-refractivity contribution in [3.8, 4) is 5.75 Å². The van der Waals surface area contributed by atoms with Crippen molar-refractivity contribution in [1.82, 2.24) is 10.2 Å². The standard InChI is InChI=1S/C22H23FN2O3/c1-28-20-9-5-3-6-15(20)17-12-25(13-18(17)21(26)24-14-10-11-14)22(27)16-7-2-4-8-19(16)23/h2-9,14,17-18H,10-13H2,1H3,(H,24,26)/t17-,18-/m0/s1. The normalized spacial score (nSPS) is 21.4. The monoisotopic (exact) mass is 382 g/mol. The average Bonchev–Trinajstić information content (AvgIpc) is 3.41. The molecule has 2 fully saturated rings. The van der Waals surface area contributed by atoms with Crippen LogP contribution in [0.5, 0.6) is 5.75 Å². The zero-order valence-corrected chi connectivity index (χ0v) is 15.7. The fraction of sp³-hybridized carbons (Fsp3) is 0.364. The summed E-state index contributed by atoms with van der Waals surface area (Å²) in [5, 5.41) is 3.05. The third-order valence-corrected chi connectivity index (χ3v) is 5.51. The number of hydrogen-bond donors (Lipinski definition) is 1. The first kappa shape index (κ1) is 18.5. The molecule has 4 rings (SSSR count). The number of rotatable bonds is 5. The highest BCUT2D eigenvalue weighted by atomic mass is 19.1. The Morgan fingerprint density at radius 2 is 1.79 bits per heavy atom. The molecule has 2 atom stereocenters. The Labute approximate surface area is 163 Å². The summed E-state index contributed by atoms with van der Waals surface area (Å²) in [6.07, 6.45) is 1.99. The van der Waals surface area contributed by atoms with E-state index in [1.807, 2.05) is 24.3 Å². The van der Waals surface area contributed by atoms with E-state index in [2.05, 4.69) is 5.32 Å². The number of methoxy groups -OCH3 is 1. The van der Waals surface area contributed by atoms with Crippen molar-refractivity contribution in [3.63, 3.8) is 0 Å². The summed E-state index contributed by atoms with van der Waals surface area (Å²) in [5.41, 5.74) is 0.925. The molecule has 0 spiro atoms. The predicted octanol–water partition coefficient (Wildman–Crippen LogP) is 2.97. The molecule has 5 nitrogen and oxygen atoms in total. The van der Waals surface area contributed by atoms with Crippen LogP contribution in [0.25, 0.3) is 0 Å². The first-order valence-corrected chi connectivity index (χ1v) is 9.55. The number of halogens is 1. The maximum absolute atomic E-state index is 14.1. The molecule has 1 aliphatic heterocycles. The largest absolute Gasteiger partial charge is 0.496 e. The third-order valence-electron chi connectivity index (χ3n) is 5.51. The number of ether oxygens (including phenoxy) is 1. The van der Waals surface area contributed by atoms with E-state index in [0.717, 1.165) is 18.4 Å². The Morgan fingerprint density at radius 3 is 2.50 bits per heavy atom. The van der Waals surface area contributed by atoms with E-state index in [-0.39, 0.29) is 35.9 Å². The Kier molecular flexibility index (Phi) is 5.03. The molecule has 1 N–H and O–H groups in total. The van der Waals surface area contributed by atoms with Crippen LogP contribution in [-0.4, -0.2) is 43.0 Å². The van der Waals surface area contributed by atoms with Gasteiger partial charge in [-0.25, -0.2) is 4.39 Å². The van der Waals surface area contributed by atoms with E-state index < -0.39 is 11.7 Å². The zero-order valence-electron chi connectivity index (χ0n) is 15.7. The summed E-state index contributed by atoms with van der Waals surface area (Å²) in [5.74, 6) is -0.899. The van der Waals surface area contributed by atoms with Crippen LogP contribution in [0.3, 0.4) is 0 Å². The van der Waals surface area contributed by atoms with Gasteiger partial charge in [-0.05, 0) is 36.6 Å². The summed E-state index contributed by atoms with van der Waals surface area (Å²) in [4.78, 5) is 27.4. The van der Waals surface area contributed by atoms with Crippen molar-refractivity contribution in [1.29, 1.82) is 0 Å². The van der Waals surface area contributed by atoms with Crippen molar-refractivity contribution in [2.75, 3.05) is 20.2 Å². The number of benzene rings is 2. The lowest BCUT2D eigenvalue weighted by Gasteiger charge is -2.20. The van der Waals surface area contributed by atoms with Crippen LogP contribution in [0.2, 0.25) is 0 Å². The van der Waals surface area contributed by atoms with Crippen molar-refractivity contribution in [2.24, 2.45) is 5.92 Å². The zero-order chi connectivity index (χ0) is 19.7. The summed E-state index contributed by atoms with van der Waals surface area (Å²) in [6.45, 7) is 0.602. The molecule has 1 saturated carbocycles. The molecule has 1 heterocycles. The highest BCUT2D eigenvalue weighted by Gasteiger charge is 2.43. The molecule has 2 aromatic carbocycles. The Hall–Kier alpha value is -2.89. The van der Waals surface area contributed by atoms with Crippen LogP contribution in [0.15, 0.2) is 48.5 Å². The molecule has 2 aromatic rings. The number of amides is 2. The molecular formula is C22H23FN2O3. The van der Waals surface area contributed by atoms with Gasteiger partial charge in [-0.3, -0.25) is 9.59 Å². The Bertz CT molecular complexity index is 897. The molecule has 0 aromatic heterocycles. The number of para-hydroxylation sites is 1. The summed E-state index contributed by atoms with van der Waals surface area (Å²) < 4.78 is 19.6. The highest BCUT2D eigenvalue weighted by molar-refractivity contribution is 5.95. The van der Waals surface area contributed by atoms with Gasteiger partial charge in [0.15, 0.2) is 0 Å². The molecule has 146 valence electrons. The quantitative estimate of drug-likeness (QED) is 0.865. The second-order valence-electron chi connectivity index (χ2n) is 7.43. The molecule has 28 heavy (non-hydrogen) atoms. The lowest BCUT2D eigenvalue weighted by molar-refractivity contribution is -0.125. The van der Waals surface area contributed by atoms with Crippen LogP contribution < -0.4 is 10.1 Å². The summed E-state index contributed by atoms with van der Waals surface area (Å²) >= 11 is 0. The molecule has 0 unspecified atom stereocenters. The fourth-order valence-electron chi connectivity index (χ4n) is 3.86. The van der Waals surface area contributed by atoms with E-state index in [1.54, 1.807) is 24.1 Å². The van der Waals surface area contributed by atoms with Crippen molar-refractivity contribution in [3.05, 3.63) is 65.5 Å². The summed E-state index contributed by atoms with van der Waals surface area (Å²) in [6, 6.07) is 13.7. The first-order valence-electron chi connectivity index (χ1n) is 9.55. The molecule has 1 saturated heterocycles. The van der Waals surface area contributed by atoms with Gasteiger partial charge in [-0.15, -0.1) is 0 Å². The van der Waals surface area contributed by atoms with E-state index >= 15 is 0 Å². The van der Waals surface area contributed by atoms with Gasteiger partial charge in [0.25, 0.3) is 5.91 Å². The van der Waals surface area contributed by atoms with E-state index in [0.29, 0.717) is 12.3 Å². The number of nitrogens with zero attached hydrogens (tertiary/aromatic N) is 1. The predicted molar refractivity (Wildman–Crippen MR) is 103 cm³/mol. The third kappa shape index (κ3) is 3.59. The minimum absolute atomic E-state index is 0.0320. The maximum Gasteiger partial charge on any atom is 0.256 e. The number of carbonyl (C=O) groups excluding carboxylic acids is 2. The summed E-state index contributed by atoms with van der Waals surface area (Å²) in [7, 11) is 1.59. The number of carbonyl (C=O) groups is 2. The van der Waals surface area contributed by atoms with Crippen molar-refractivity contribution < 1.29 is 18.7 Å². The molecule has 2 amide bonds. The van der Waals surface area contributed by atoms with Gasteiger partial charge >= 0.3 is 0 Å². The van der Waals surface area contributed by atoms with Gasteiger partial charge in [0.2, 0.25) is 5.91 Å². The topological polar surface area (TPSA) is 58.6 Å². The van der Waals surface area contributed by atoms with E-state index in [9.17, 15) is 14.0 Å². The minimum atomic E-state index is -0.549. The second-order valence-corrected chi connectivity index (χ2v) is 7.43. The van der Waals surface area contributed by atoms with Gasteiger partial charge in [-0.1, -0.05) is 30.3 Å². The van der Waals surface area contributed by atoms with Gasteiger partial charge in [0.05, 0.1) is 18.6 Å². The van der Waals surface area contributed by atoms with Gasteiger partial charge in [0.1, 0.15) is 11.6 Å². The molecule has 1 aliphatic carbocycles. The second kappa shape index (κ2) is 7.62. The van der Waals surface area contributed by atoms with E-state index in [1.165, 1.54) is 12.1 Å². The van der Waals surface area contributed by atoms with Crippen LogP contribution in [0.1, 0.15) is 34.7 Å². The van der Waals surface area contributed by atoms with Crippen LogP contribution in [0.4, 0.5) is 4.39 Å². The average molecular weight is 382 g/mol. The molecule has 2 aliphatic rings. The van der Waals surface area contributed by atoms with Crippen LogP contribution in [-0.2, 0) is 4.79 Å². The number of nitrogens with one attached hydrogen (secondary N) is 1. The van der Waals surface area contributed by atoms with Crippen molar-refractivity contribution >= 4 is 11.8 Å². The number of hydrogen-bond acceptors (Lipinski definition) is 3. The van der Waals surface area contributed by atoms with Crippen molar-refractivity contribution in [2.45, 2.75) is 24.8 Å². The lowest BCUT2D eigenvalue weighted by atomic mass is 9.87. The maximum atomic E-state index is 14.1. The smallest absolute Gasteiger partial charge is 0.256 e. The first-order chi connectivity index (χ1) is 13.6. The lowest BCUT2D eigenvalue weighted by Crippen LogP contribution is -2.36. The van der Waals surface area contributed by atoms with Gasteiger partial charge in [-0.2, -0.15) is 0 Å². The molecule has 0 radical (unpaired) electrons. The Balaban J connectivity index is 1.63. The van der Waals surface area contributed by atoms with Gasteiger partial charge < -0.3 is 15.0 Å². The fourth-order valence-corrected chi connectivity index (χ4v) is 3.86. The number of likely N-dealkylation sites (tertiary alicyclic amines) is 1. The Morgan fingerprint density at radius 1 is 1.07 bits per heavy atom. The minimum Gasteiger partial charge on any atom is -0.496 e. The van der Waals surface area contributed by atoms with Crippen LogP contribution in [0, 0.1) is 11.7 Å². The van der Waals surface area contributed by atoms with E-state index in [4.69, 9.17) is 4.74 Å². The van der Waals surface area contributed by atoms with Gasteiger partial charge in [0, 0.05) is 25.0 Å². The highest BCUT2D eigenvalue weighted by Crippen LogP contribution is 2.38. The molecule has 6 heteroatoms. The van der Waals surface area contributed by atoms with Crippen LogP contribution >= 0.6 is 0 Å². The SMILES string of the molecule is COc1ccccc1[C@@H]1CN(C(=O)c2ccccc2F)C[C@@H]1C(=O)NC1CC1. The molecule has 0 bridgehead atoms. The molecular weight excluding hydrogens is 359 g/mol.